The number of sulfone groups is 1. The lowest BCUT2D eigenvalue weighted by atomic mass is 10.1. The van der Waals surface area contributed by atoms with E-state index in [0.29, 0.717) is 0 Å². The number of oxime groups is 1. The van der Waals surface area contributed by atoms with Crippen molar-refractivity contribution in [1.82, 2.24) is 10.2 Å². The Morgan fingerprint density at radius 3 is 2.43 bits per heavy atom. The summed E-state index contributed by atoms with van der Waals surface area (Å²) < 4.78 is 62.2. The molecule has 7 nitrogen and oxygen atoms in total. The molecule has 0 saturated heterocycles. The van der Waals surface area contributed by atoms with E-state index in [-0.39, 0.29) is 11.5 Å². The van der Waals surface area contributed by atoms with E-state index >= 15 is 0 Å². The second-order valence-corrected chi connectivity index (χ2v) is 7.19. The zero-order valence-corrected chi connectivity index (χ0v) is 11.9. The van der Waals surface area contributed by atoms with Crippen molar-refractivity contribution in [2.45, 2.75) is 37.8 Å². The first-order valence-corrected chi connectivity index (χ1v) is 7.42. The molecule has 1 aliphatic rings. The molecule has 0 atom stereocenters. The molecule has 0 amide bonds. The Balaban J connectivity index is 2.35. The Kier molecular flexibility index (Phi) is 3.43. The number of aromatic nitrogens is 2. The minimum Gasteiger partial charge on any atom is -0.389 e. The Morgan fingerprint density at radius 1 is 1.33 bits per heavy atom. The largest absolute Gasteiger partial charge is 0.433 e. The molecule has 0 unspecified atom stereocenters. The maximum atomic E-state index is 12.7. The van der Waals surface area contributed by atoms with Crippen LogP contribution in [0.3, 0.4) is 0 Å². The molecule has 1 aromatic rings. The summed E-state index contributed by atoms with van der Waals surface area (Å²) in [5, 5.41) is 6.40. The van der Waals surface area contributed by atoms with Crippen molar-refractivity contribution >= 4 is 14.9 Å². The van der Waals surface area contributed by atoms with Gasteiger partial charge in [0, 0.05) is 6.42 Å². The lowest BCUT2D eigenvalue weighted by Gasteiger charge is -2.13. The van der Waals surface area contributed by atoms with E-state index < -0.39 is 44.2 Å². The van der Waals surface area contributed by atoms with Gasteiger partial charge in [0.2, 0.25) is 0 Å². The van der Waals surface area contributed by atoms with Gasteiger partial charge in [-0.1, -0.05) is 5.16 Å². The van der Waals surface area contributed by atoms with Crippen molar-refractivity contribution in [3.63, 3.8) is 0 Å². The second kappa shape index (κ2) is 4.61. The van der Waals surface area contributed by atoms with Crippen molar-refractivity contribution in [3.8, 4) is 0 Å². The molecule has 1 aromatic heterocycles. The predicted octanol–water partition coefficient (Wildman–Crippen LogP) is 1.15. The summed E-state index contributed by atoms with van der Waals surface area (Å²) in [7, 11) is -4.17. The summed E-state index contributed by atoms with van der Waals surface area (Å²) in [6.07, 6.45) is -4.93. The first-order chi connectivity index (χ1) is 9.42. The van der Waals surface area contributed by atoms with Gasteiger partial charge in [-0.2, -0.15) is 13.2 Å². The smallest absolute Gasteiger partial charge is 0.389 e. The molecule has 0 saturated carbocycles. The van der Waals surface area contributed by atoms with Crippen LogP contribution < -0.4 is 5.56 Å². The van der Waals surface area contributed by atoms with E-state index in [9.17, 15) is 26.4 Å². The Labute approximate surface area is 117 Å². The van der Waals surface area contributed by atoms with Gasteiger partial charge in [0.1, 0.15) is 11.3 Å². The monoisotopic (exact) mass is 327 g/mol. The molecule has 0 spiro atoms. The van der Waals surface area contributed by atoms with Crippen LogP contribution in [0.1, 0.15) is 31.5 Å². The zero-order valence-electron chi connectivity index (χ0n) is 11.0. The third-order valence-electron chi connectivity index (χ3n) is 2.83. The van der Waals surface area contributed by atoms with Gasteiger partial charge in [0.05, 0.1) is 11.3 Å². The second-order valence-electron chi connectivity index (χ2n) is 5.20. The molecule has 2 N–H and O–H groups in total. The number of rotatable bonds is 2. The third-order valence-corrected chi connectivity index (χ3v) is 4.43. The van der Waals surface area contributed by atoms with Gasteiger partial charge in [-0.15, -0.1) is 0 Å². The Hall–Kier alpha value is -1.78. The van der Waals surface area contributed by atoms with Gasteiger partial charge in [-0.25, -0.2) is 8.42 Å². The van der Waals surface area contributed by atoms with Crippen LogP contribution in [0, 0.1) is 0 Å². The first-order valence-electron chi connectivity index (χ1n) is 5.77. The first kappa shape index (κ1) is 15.6. The SMILES string of the molecule is CC1(C)CC(S(=O)(=O)Cc2c(C(F)(F)F)[nH][nH]c2=O)=NO1. The van der Waals surface area contributed by atoms with Crippen molar-refractivity contribution in [2.75, 3.05) is 0 Å². The highest BCUT2D eigenvalue weighted by Gasteiger charge is 2.41. The van der Waals surface area contributed by atoms with Gasteiger partial charge < -0.3 is 4.84 Å². The quantitative estimate of drug-likeness (QED) is 0.850. The van der Waals surface area contributed by atoms with Crippen LogP contribution in [-0.4, -0.2) is 29.3 Å². The molecule has 11 heteroatoms. The molecule has 0 radical (unpaired) electrons. The number of hydrogen-bond acceptors (Lipinski definition) is 5. The highest BCUT2D eigenvalue weighted by Crippen LogP contribution is 2.31. The summed E-state index contributed by atoms with van der Waals surface area (Å²) in [4.78, 5) is 16.3. The van der Waals surface area contributed by atoms with Crippen LogP contribution in [0.25, 0.3) is 0 Å². The summed E-state index contributed by atoms with van der Waals surface area (Å²) in [6, 6.07) is 0. The molecule has 0 bridgehead atoms. The standard InChI is InChI=1S/C10H12F3N3O4S/c1-9(2)3-6(16-20-9)21(18,19)4-5-7(10(11,12)13)14-15-8(5)17/h3-4H2,1-2H3,(H2,14,15,17). The lowest BCUT2D eigenvalue weighted by Crippen LogP contribution is -2.25. The maximum absolute atomic E-state index is 12.7. The minimum absolute atomic E-state index is 0.0704. The third kappa shape index (κ3) is 3.12. The van der Waals surface area contributed by atoms with Gasteiger partial charge in [0.15, 0.2) is 14.9 Å². The maximum Gasteiger partial charge on any atom is 0.433 e. The van der Waals surface area contributed by atoms with E-state index in [1.165, 1.54) is 0 Å². The predicted molar refractivity (Wildman–Crippen MR) is 66.3 cm³/mol. The molecule has 1 aliphatic heterocycles. The van der Waals surface area contributed by atoms with E-state index in [0.717, 1.165) is 0 Å². The highest BCUT2D eigenvalue weighted by molar-refractivity contribution is 8.05. The van der Waals surface area contributed by atoms with Crippen LogP contribution >= 0.6 is 0 Å². The minimum atomic E-state index is -4.86. The topological polar surface area (TPSA) is 104 Å². The fourth-order valence-corrected chi connectivity index (χ4v) is 3.35. The molecular formula is C10H12F3N3O4S. The molecule has 0 aromatic carbocycles. The molecular weight excluding hydrogens is 315 g/mol. The van der Waals surface area contributed by atoms with Gasteiger partial charge >= 0.3 is 6.18 Å². The number of halogens is 3. The molecule has 0 aliphatic carbocycles. The number of nitrogens with zero attached hydrogens (tertiary/aromatic N) is 1. The van der Waals surface area contributed by atoms with Crippen molar-refractivity contribution in [2.24, 2.45) is 5.16 Å². The molecule has 2 rings (SSSR count). The zero-order chi connectivity index (χ0) is 16.1. The molecule has 2 heterocycles. The van der Waals surface area contributed by atoms with Crippen LogP contribution in [-0.2, 0) is 26.6 Å². The van der Waals surface area contributed by atoms with Crippen molar-refractivity contribution in [3.05, 3.63) is 21.6 Å². The van der Waals surface area contributed by atoms with Crippen molar-refractivity contribution in [1.29, 1.82) is 0 Å². The number of H-pyrrole nitrogens is 2. The van der Waals surface area contributed by atoms with Crippen LogP contribution in [0.4, 0.5) is 13.2 Å². The van der Waals surface area contributed by atoms with E-state index in [1.807, 2.05) is 0 Å². The molecule has 0 fully saturated rings. The van der Waals surface area contributed by atoms with E-state index in [4.69, 9.17) is 4.84 Å². The summed E-state index contributed by atoms with van der Waals surface area (Å²) in [5.41, 5.74) is -4.28. The van der Waals surface area contributed by atoms with Gasteiger partial charge in [0.25, 0.3) is 5.56 Å². The molecule has 118 valence electrons. The molecule has 21 heavy (non-hydrogen) atoms. The average Bonchev–Trinajstić information content (AvgIpc) is 2.82. The van der Waals surface area contributed by atoms with Gasteiger partial charge in [-0.05, 0) is 13.8 Å². The van der Waals surface area contributed by atoms with Crippen LogP contribution in [0.15, 0.2) is 9.95 Å². The Bertz CT molecular complexity index is 742. The number of aromatic amines is 2. The Morgan fingerprint density at radius 2 is 1.95 bits per heavy atom. The summed E-state index contributed by atoms with van der Waals surface area (Å²) >= 11 is 0. The fourth-order valence-electron chi connectivity index (χ4n) is 1.81. The lowest BCUT2D eigenvalue weighted by molar-refractivity contribution is -0.141. The van der Waals surface area contributed by atoms with Crippen LogP contribution in [0.5, 0.6) is 0 Å². The number of alkyl halides is 3. The number of nitrogens with one attached hydrogen (secondary N) is 2. The summed E-state index contributed by atoms with van der Waals surface area (Å²) in [5.74, 6) is -1.10. The average molecular weight is 327 g/mol. The van der Waals surface area contributed by atoms with Crippen molar-refractivity contribution < 1.29 is 26.4 Å². The van der Waals surface area contributed by atoms with Crippen LogP contribution in [0.2, 0.25) is 0 Å². The fraction of sp³-hybridized carbons (Fsp3) is 0.600. The van der Waals surface area contributed by atoms with E-state index in [1.54, 1.807) is 24.0 Å². The normalized spacial score (nSPS) is 18.4. The summed E-state index contributed by atoms with van der Waals surface area (Å²) in [6.45, 7) is 3.17. The number of hydrogen-bond donors (Lipinski definition) is 2. The van der Waals surface area contributed by atoms with Gasteiger partial charge in [-0.3, -0.25) is 15.0 Å². The van der Waals surface area contributed by atoms with E-state index in [2.05, 4.69) is 5.16 Å². The highest BCUT2D eigenvalue weighted by atomic mass is 32.2.